The summed E-state index contributed by atoms with van der Waals surface area (Å²) in [6.45, 7) is 0. The van der Waals surface area contributed by atoms with Crippen molar-refractivity contribution in [2.45, 2.75) is 18.4 Å². The average molecular weight is 175 g/mol. The fraction of sp³-hybridized carbons (Fsp3) is 0.455. The zero-order valence-electron chi connectivity index (χ0n) is 7.66. The molecule has 0 heterocycles. The van der Waals surface area contributed by atoms with Crippen LogP contribution in [0, 0.1) is 5.92 Å². The number of benzene rings is 1. The van der Waals surface area contributed by atoms with E-state index in [9.17, 15) is 0 Å². The van der Waals surface area contributed by atoms with Gasteiger partial charge in [0.2, 0.25) is 0 Å². The van der Waals surface area contributed by atoms with Gasteiger partial charge in [0.25, 0.3) is 0 Å². The highest BCUT2D eigenvalue weighted by molar-refractivity contribution is 5.48. The Kier molecular flexibility index (Phi) is 1.29. The standard InChI is InChI=1S/C11H13NO/c1-13-6-2-3-7-8-5-10(8)11(12)9(7)4-6/h2-4,8,10-11H,5,12H2,1H3/t8-,10+,11-/m0/s1. The van der Waals surface area contributed by atoms with Crippen LogP contribution < -0.4 is 10.5 Å². The molecular weight excluding hydrogens is 162 g/mol. The number of hydrogen-bond acceptors (Lipinski definition) is 2. The number of nitrogens with two attached hydrogens (primary N) is 1. The molecule has 0 aromatic heterocycles. The van der Waals surface area contributed by atoms with Crippen molar-refractivity contribution in [1.29, 1.82) is 0 Å². The molecule has 2 aliphatic rings. The molecule has 68 valence electrons. The molecule has 13 heavy (non-hydrogen) atoms. The minimum atomic E-state index is 0.259. The van der Waals surface area contributed by atoms with Crippen molar-refractivity contribution >= 4 is 0 Å². The van der Waals surface area contributed by atoms with Crippen molar-refractivity contribution in [3.8, 4) is 5.75 Å². The van der Waals surface area contributed by atoms with Crippen LogP contribution in [0.2, 0.25) is 0 Å². The first-order chi connectivity index (χ1) is 6.31. The predicted octanol–water partition coefficient (Wildman–Crippen LogP) is 1.81. The summed E-state index contributed by atoms with van der Waals surface area (Å²) in [6.07, 6.45) is 1.29. The predicted molar refractivity (Wildman–Crippen MR) is 50.8 cm³/mol. The Bertz CT molecular complexity index is 361. The van der Waals surface area contributed by atoms with Gasteiger partial charge in [-0.2, -0.15) is 0 Å². The van der Waals surface area contributed by atoms with E-state index in [1.165, 1.54) is 17.5 Å². The third-order valence-corrected chi connectivity index (χ3v) is 3.35. The van der Waals surface area contributed by atoms with Crippen LogP contribution in [0.25, 0.3) is 0 Å². The van der Waals surface area contributed by atoms with Crippen molar-refractivity contribution in [3.63, 3.8) is 0 Å². The summed E-state index contributed by atoms with van der Waals surface area (Å²) >= 11 is 0. The van der Waals surface area contributed by atoms with E-state index in [0.717, 1.165) is 17.6 Å². The summed E-state index contributed by atoms with van der Waals surface area (Å²) in [4.78, 5) is 0. The molecule has 3 rings (SSSR count). The van der Waals surface area contributed by atoms with E-state index in [2.05, 4.69) is 12.1 Å². The maximum absolute atomic E-state index is 6.10. The molecule has 0 unspecified atom stereocenters. The fourth-order valence-electron chi connectivity index (χ4n) is 2.51. The van der Waals surface area contributed by atoms with Gasteiger partial charge < -0.3 is 10.5 Å². The minimum Gasteiger partial charge on any atom is -0.497 e. The molecule has 2 N–H and O–H groups in total. The molecular formula is C11H13NO. The Balaban J connectivity index is 2.11. The lowest BCUT2D eigenvalue weighted by Crippen LogP contribution is -2.09. The molecule has 0 amide bonds. The third kappa shape index (κ3) is 0.866. The first kappa shape index (κ1) is 7.39. The summed E-state index contributed by atoms with van der Waals surface area (Å²) in [5.41, 5.74) is 8.86. The van der Waals surface area contributed by atoms with Crippen LogP contribution in [-0.4, -0.2) is 7.11 Å². The molecule has 1 aromatic carbocycles. The van der Waals surface area contributed by atoms with Gasteiger partial charge in [-0.25, -0.2) is 0 Å². The van der Waals surface area contributed by atoms with Crippen LogP contribution in [0.3, 0.4) is 0 Å². The third-order valence-electron chi connectivity index (χ3n) is 3.35. The Morgan fingerprint density at radius 3 is 3.00 bits per heavy atom. The van der Waals surface area contributed by atoms with E-state index < -0.39 is 0 Å². The molecule has 2 nitrogen and oxygen atoms in total. The van der Waals surface area contributed by atoms with Crippen molar-refractivity contribution in [3.05, 3.63) is 29.3 Å². The zero-order valence-corrected chi connectivity index (χ0v) is 7.66. The second-order valence-electron chi connectivity index (χ2n) is 4.03. The van der Waals surface area contributed by atoms with E-state index in [1.54, 1.807) is 7.11 Å². The number of hydrogen-bond donors (Lipinski definition) is 1. The van der Waals surface area contributed by atoms with E-state index >= 15 is 0 Å². The molecule has 2 heteroatoms. The topological polar surface area (TPSA) is 35.2 Å². The number of fused-ring (bicyclic) bond motifs is 3. The molecule has 0 spiro atoms. The lowest BCUT2D eigenvalue weighted by atomic mass is 10.0. The van der Waals surface area contributed by atoms with E-state index in [1.807, 2.05) is 6.07 Å². The molecule has 0 bridgehead atoms. The number of ether oxygens (including phenoxy) is 1. The maximum atomic E-state index is 6.10. The Morgan fingerprint density at radius 1 is 1.38 bits per heavy atom. The Labute approximate surface area is 77.7 Å². The second-order valence-corrected chi connectivity index (χ2v) is 4.03. The Hall–Kier alpha value is -1.02. The largest absolute Gasteiger partial charge is 0.497 e. The summed E-state index contributed by atoms with van der Waals surface area (Å²) < 4.78 is 5.18. The first-order valence-electron chi connectivity index (χ1n) is 4.74. The van der Waals surface area contributed by atoms with E-state index in [0.29, 0.717) is 0 Å². The van der Waals surface area contributed by atoms with Gasteiger partial charge in [-0.3, -0.25) is 0 Å². The van der Waals surface area contributed by atoms with Crippen molar-refractivity contribution in [2.24, 2.45) is 11.7 Å². The van der Waals surface area contributed by atoms with E-state index in [4.69, 9.17) is 10.5 Å². The first-order valence-corrected chi connectivity index (χ1v) is 4.74. The molecule has 1 aromatic rings. The van der Waals surface area contributed by atoms with Crippen LogP contribution in [0.15, 0.2) is 18.2 Å². The van der Waals surface area contributed by atoms with Crippen LogP contribution in [0.5, 0.6) is 5.75 Å². The maximum Gasteiger partial charge on any atom is 0.119 e. The highest BCUT2D eigenvalue weighted by Crippen LogP contribution is 2.61. The lowest BCUT2D eigenvalue weighted by Gasteiger charge is -2.10. The zero-order chi connectivity index (χ0) is 9.00. The molecule has 0 saturated heterocycles. The molecule has 0 aliphatic heterocycles. The smallest absolute Gasteiger partial charge is 0.119 e. The van der Waals surface area contributed by atoms with Crippen molar-refractivity contribution in [1.82, 2.24) is 0 Å². The van der Waals surface area contributed by atoms with Gasteiger partial charge in [0.1, 0.15) is 5.75 Å². The summed E-state index contributed by atoms with van der Waals surface area (Å²) in [7, 11) is 1.70. The lowest BCUT2D eigenvalue weighted by molar-refractivity contribution is 0.413. The molecule has 1 fully saturated rings. The summed E-state index contributed by atoms with van der Waals surface area (Å²) in [5.74, 6) is 2.41. The monoisotopic (exact) mass is 175 g/mol. The minimum absolute atomic E-state index is 0.259. The van der Waals surface area contributed by atoms with Gasteiger partial charge >= 0.3 is 0 Å². The van der Waals surface area contributed by atoms with Crippen LogP contribution in [0.1, 0.15) is 29.5 Å². The number of rotatable bonds is 1. The van der Waals surface area contributed by atoms with Gasteiger partial charge in [0.05, 0.1) is 7.11 Å². The van der Waals surface area contributed by atoms with Crippen LogP contribution >= 0.6 is 0 Å². The normalized spacial score (nSPS) is 33.8. The highest BCUT2D eigenvalue weighted by Gasteiger charge is 2.50. The van der Waals surface area contributed by atoms with Crippen molar-refractivity contribution < 1.29 is 4.74 Å². The van der Waals surface area contributed by atoms with Crippen molar-refractivity contribution in [2.75, 3.05) is 7.11 Å². The molecule has 0 radical (unpaired) electrons. The van der Waals surface area contributed by atoms with Crippen LogP contribution in [0.4, 0.5) is 0 Å². The molecule has 2 aliphatic carbocycles. The summed E-state index contributed by atoms with van der Waals surface area (Å²) in [5, 5.41) is 0. The van der Waals surface area contributed by atoms with Crippen LogP contribution in [-0.2, 0) is 0 Å². The molecule has 1 saturated carbocycles. The van der Waals surface area contributed by atoms with Gasteiger partial charge in [-0.15, -0.1) is 0 Å². The van der Waals surface area contributed by atoms with E-state index in [-0.39, 0.29) is 6.04 Å². The average Bonchev–Trinajstić information content (AvgIpc) is 2.91. The fourth-order valence-corrected chi connectivity index (χ4v) is 2.51. The summed E-state index contributed by atoms with van der Waals surface area (Å²) in [6, 6.07) is 6.56. The highest BCUT2D eigenvalue weighted by atomic mass is 16.5. The number of methoxy groups -OCH3 is 1. The van der Waals surface area contributed by atoms with Gasteiger partial charge in [-0.05, 0) is 41.5 Å². The van der Waals surface area contributed by atoms with Gasteiger partial charge in [0, 0.05) is 6.04 Å². The quantitative estimate of drug-likeness (QED) is 0.706. The SMILES string of the molecule is COc1ccc2c(c1)[C@H](N)[C@@H]1C[C@@H]21. The Morgan fingerprint density at radius 2 is 2.23 bits per heavy atom. The molecule has 3 atom stereocenters. The second kappa shape index (κ2) is 2.26. The van der Waals surface area contributed by atoms with Gasteiger partial charge in [0.15, 0.2) is 0 Å². The van der Waals surface area contributed by atoms with Gasteiger partial charge in [-0.1, -0.05) is 6.07 Å².